The van der Waals surface area contributed by atoms with Gasteiger partial charge in [-0.05, 0) is 30.5 Å². The molecule has 1 aliphatic heterocycles. The number of aliphatic imine (C=N–C) groups is 1. The Labute approximate surface area is 136 Å². The lowest BCUT2D eigenvalue weighted by Crippen LogP contribution is -2.41. The molecule has 6 heteroatoms. The zero-order chi connectivity index (χ0) is 16.2. The van der Waals surface area contributed by atoms with Gasteiger partial charge in [0, 0.05) is 26.2 Å². The summed E-state index contributed by atoms with van der Waals surface area (Å²) in [5, 5.41) is 0. The minimum Gasteiger partial charge on any atom is -0.379 e. The summed E-state index contributed by atoms with van der Waals surface area (Å²) in [7, 11) is 2.00. The van der Waals surface area contributed by atoms with Crippen molar-refractivity contribution in [3.05, 3.63) is 35.6 Å². The number of nitrogens with two attached hydrogens (primary N) is 1. The average Bonchev–Trinajstić information content (AvgIpc) is 3.41. The fourth-order valence-electron chi connectivity index (χ4n) is 2.95. The van der Waals surface area contributed by atoms with Crippen molar-refractivity contribution < 1.29 is 9.13 Å². The summed E-state index contributed by atoms with van der Waals surface area (Å²) < 4.78 is 18.7. The van der Waals surface area contributed by atoms with Gasteiger partial charge in [-0.15, -0.1) is 0 Å². The Kier molecular flexibility index (Phi) is 5.13. The molecule has 1 aromatic rings. The van der Waals surface area contributed by atoms with Crippen molar-refractivity contribution in [2.75, 3.05) is 39.9 Å². The zero-order valence-electron chi connectivity index (χ0n) is 13.6. The van der Waals surface area contributed by atoms with Crippen LogP contribution in [0.2, 0.25) is 0 Å². The molecule has 0 radical (unpaired) electrons. The summed E-state index contributed by atoms with van der Waals surface area (Å²) in [6, 6.07) is 7.34. The molecular formula is C17H25FN4O. The van der Waals surface area contributed by atoms with Gasteiger partial charge in [0.2, 0.25) is 0 Å². The van der Waals surface area contributed by atoms with E-state index in [2.05, 4.69) is 14.8 Å². The van der Waals surface area contributed by atoms with E-state index in [0.717, 1.165) is 31.9 Å². The van der Waals surface area contributed by atoms with E-state index in [1.165, 1.54) is 25.0 Å². The molecule has 0 aromatic heterocycles. The summed E-state index contributed by atoms with van der Waals surface area (Å²) in [6.45, 7) is 3.73. The molecule has 1 atom stereocenters. The molecule has 1 saturated heterocycles. The van der Waals surface area contributed by atoms with Crippen LogP contribution in [0, 0.1) is 5.82 Å². The van der Waals surface area contributed by atoms with Gasteiger partial charge in [0.25, 0.3) is 0 Å². The molecule has 1 heterocycles. The molecule has 2 fully saturated rings. The quantitative estimate of drug-likeness (QED) is 0.661. The van der Waals surface area contributed by atoms with Gasteiger partial charge < -0.3 is 15.4 Å². The predicted molar refractivity (Wildman–Crippen MR) is 88.8 cm³/mol. The second-order valence-electron chi connectivity index (χ2n) is 6.26. The Hall–Kier alpha value is -1.66. The molecule has 3 rings (SSSR count). The normalized spacial score (nSPS) is 21.2. The number of ether oxygens (including phenoxy) is 1. The first-order valence-corrected chi connectivity index (χ1v) is 8.25. The van der Waals surface area contributed by atoms with Crippen LogP contribution in [0.5, 0.6) is 0 Å². The van der Waals surface area contributed by atoms with Crippen LogP contribution < -0.4 is 5.73 Å². The second-order valence-corrected chi connectivity index (χ2v) is 6.26. The predicted octanol–water partition coefficient (Wildman–Crippen LogP) is 1.61. The van der Waals surface area contributed by atoms with Crippen LogP contribution in [0.25, 0.3) is 0 Å². The maximum Gasteiger partial charge on any atom is 0.191 e. The number of morpholine rings is 1. The van der Waals surface area contributed by atoms with Crippen molar-refractivity contribution in [2.45, 2.75) is 24.9 Å². The standard InChI is InChI=1S/C17H25FN4O/c1-21(15-6-7-15)17(19)20-12-16(22-8-10-23-11-9-22)13-2-4-14(18)5-3-13/h2-5,15-16H,6-12H2,1H3,(H2,19,20). The van der Waals surface area contributed by atoms with Crippen LogP contribution in [-0.2, 0) is 4.74 Å². The van der Waals surface area contributed by atoms with Crippen molar-refractivity contribution >= 4 is 5.96 Å². The number of benzene rings is 1. The molecule has 1 aliphatic carbocycles. The number of halogens is 1. The number of guanidine groups is 1. The third-order valence-electron chi connectivity index (χ3n) is 4.62. The maximum absolute atomic E-state index is 13.2. The molecule has 1 unspecified atom stereocenters. The van der Waals surface area contributed by atoms with Crippen LogP contribution in [-0.4, -0.2) is 61.7 Å². The largest absolute Gasteiger partial charge is 0.379 e. The van der Waals surface area contributed by atoms with Crippen LogP contribution in [0.4, 0.5) is 4.39 Å². The Morgan fingerprint density at radius 2 is 2.00 bits per heavy atom. The van der Waals surface area contributed by atoms with Crippen LogP contribution in [0.3, 0.4) is 0 Å². The van der Waals surface area contributed by atoms with E-state index in [1.807, 2.05) is 19.2 Å². The van der Waals surface area contributed by atoms with Gasteiger partial charge in [-0.1, -0.05) is 12.1 Å². The first kappa shape index (κ1) is 16.2. The number of hydrogen-bond acceptors (Lipinski definition) is 3. The molecule has 1 aromatic carbocycles. The molecule has 0 bridgehead atoms. The average molecular weight is 320 g/mol. The Bertz CT molecular complexity index is 538. The third kappa shape index (κ3) is 4.20. The van der Waals surface area contributed by atoms with Gasteiger partial charge in [0.05, 0.1) is 25.8 Å². The molecular weight excluding hydrogens is 295 g/mol. The highest BCUT2D eigenvalue weighted by atomic mass is 19.1. The van der Waals surface area contributed by atoms with Crippen molar-refractivity contribution in [3.63, 3.8) is 0 Å². The van der Waals surface area contributed by atoms with Crippen LogP contribution in [0.15, 0.2) is 29.3 Å². The third-order valence-corrected chi connectivity index (χ3v) is 4.62. The van der Waals surface area contributed by atoms with Gasteiger partial charge in [-0.3, -0.25) is 9.89 Å². The molecule has 0 amide bonds. The number of hydrogen-bond donors (Lipinski definition) is 1. The van der Waals surface area contributed by atoms with Crippen LogP contribution in [0.1, 0.15) is 24.4 Å². The SMILES string of the molecule is CN(C(N)=NCC(c1ccc(F)cc1)N1CCOCC1)C1CC1. The Balaban J connectivity index is 1.73. The molecule has 23 heavy (non-hydrogen) atoms. The summed E-state index contributed by atoms with van der Waals surface area (Å²) in [6.07, 6.45) is 2.38. The summed E-state index contributed by atoms with van der Waals surface area (Å²) in [5.74, 6) is 0.374. The van der Waals surface area contributed by atoms with E-state index in [-0.39, 0.29) is 11.9 Å². The summed E-state index contributed by atoms with van der Waals surface area (Å²) >= 11 is 0. The summed E-state index contributed by atoms with van der Waals surface area (Å²) in [5.41, 5.74) is 7.18. The number of nitrogens with zero attached hydrogens (tertiary/aromatic N) is 3. The molecule has 0 spiro atoms. The summed E-state index contributed by atoms with van der Waals surface area (Å²) in [4.78, 5) is 9.00. The topological polar surface area (TPSA) is 54.1 Å². The zero-order valence-corrected chi connectivity index (χ0v) is 13.6. The molecule has 2 N–H and O–H groups in total. The van der Waals surface area contributed by atoms with Gasteiger partial charge in [-0.25, -0.2) is 4.39 Å². The van der Waals surface area contributed by atoms with Crippen molar-refractivity contribution in [1.29, 1.82) is 0 Å². The minimum absolute atomic E-state index is 0.102. The molecule has 5 nitrogen and oxygen atoms in total. The molecule has 1 saturated carbocycles. The lowest BCUT2D eigenvalue weighted by molar-refractivity contribution is 0.0179. The van der Waals surface area contributed by atoms with E-state index < -0.39 is 0 Å². The van der Waals surface area contributed by atoms with Gasteiger partial charge >= 0.3 is 0 Å². The van der Waals surface area contributed by atoms with Crippen molar-refractivity contribution in [1.82, 2.24) is 9.80 Å². The second kappa shape index (κ2) is 7.27. The highest BCUT2D eigenvalue weighted by Gasteiger charge is 2.28. The van der Waals surface area contributed by atoms with E-state index >= 15 is 0 Å². The Morgan fingerprint density at radius 1 is 1.35 bits per heavy atom. The molecule has 2 aliphatic rings. The lowest BCUT2D eigenvalue weighted by Gasteiger charge is -2.34. The van der Waals surface area contributed by atoms with Crippen molar-refractivity contribution in [3.8, 4) is 0 Å². The minimum atomic E-state index is -0.217. The fourth-order valence-corrected chi connectivity index (χ4v) is 2.95. The highest BCUT2D eigenvalue weighted by molar-refractivity contribution is 5.78. The van der Waals surface area contributed by atoms with E-state index in [9.17, 15) is 4.39 Å². The number of rotatable bonds is 5. The maximum atomic E-state index is 13.2. The first-order chi connectivity index (χ1) is 11.1. The molecule has 126 valence electrons. The smallest absolute Gasteiger partial charge is 0.191 e. The van der Waals surface area contributed by atoms with Crippen LogP contribution >= 0.6 is 0 Å². The van der Waals surface area contributed by atoms with Gasteiger partial charge in [-0.2, -0.15) is 0 Å². The Morgan fingerprint density at radius 3 is 2.61 bits per heavy atom. The van der Waals surface area contributed by atoms with E-state index in [4.69, 9.17) is 10.5 Å². The monoisotopic (exact) mass is 320 g/mol. The van der Waals surface area contributed by atoms with E-state index in [1.54, 1.807) is 0 Å². The van der Waals surface area contributed by atoms with E-state index in [0.29, 0.717) is 18.5 Å². The van der Waals surface area contributed by atoms with Crippen molar-refractivity contribution in [2.24, 2.45) is 10.7 Å². The lowest BCUT2D eigenvalue weighted by atomic mass is 10.0. The first-order valence-electron chi connectivity index (χ1n) is 8.25. The fraction of sp³-hybridized carbons (Fsp3) is 0.588. The van der Waals surface area contributed by atoms with Gasteiger partial charge in [0.1, 0.15) is 5.82 Å². The van der Waals surface area contributed by atoms with Gasteiger partial charge in [0.15, 0.2) is 5.96 Å². The highest BCUT2D eigenvalue weighted by Crippen LogP contribution is 2.26.